The molecule has 0 fully saturated rings. The van der Waals surface area contributed by atoms with Crippen LogP contribution < -0.4 is 0 Å². The summed E-state index contributed by atoms with van der Waals surface area (Å²) in [6.45, 7) is 2.66. The fourth-order valence-electron chi connectivity index (χ4n) is 1.65. The lowest BCUT2D eigenvalue weighted by molar-refractivity contribution is -0.135. The SMILES string of the molecule is CC(=O)OC(=O)c1cc2c(cc1C)C(=O)OC2=O. The van der Waals surface area contributed by atoms with Crippen molar-refractivity contribution in [3.8, 4) is 0 Å². The van der Waals surface area contributed by atoms with Crippen molar-refractivity contribution in [1.29, 1.82) is 0 Å². The highest BCUT2D eigenvalue weighted by Crippen LogP contribution is 2.24. The van der Waals surface area contributed by atoms with Crippen molar-refractivity contribution in [2.45, 2.75) is 13.8 Å². The van der Waals surface area contributed by atoms with Gasteiger partial charge in [-0.05, 0) is 24.6 Å². The molecule has 6 nitrogen and oxygen atoms in total. The summed E-state index contributed by atoms with van der Waals surface area (Å²) in [5.41, 5.74) is 0.584. The molecule has 0 aromatic heterocycles. The molecule has 6 heteroatoms. The number of fused-ring (bicyclic) bond motifs is 1. The average molecular weight is 248 g/mol. The Morgan fingerprint density at radius 1 is 1.11 bits per heavy atom. The first-order chi connectivity index (χ1) is 8.40. The molecule has 1 aromatic carbocycles. The largest absolute Gasteiger partial charge is 0.390 e. The maximum absolute atomic E-state index is 11.6. The Morgan fingerprint density at radius 3 is 2.22 bits per heavy atom. The Kier molecular flexibility index (Phi) is 2.70. The summed E-state index contributed by atoms with van der Waals surface area (Å²) in [5, 5.41) is 0. The van der Waals surface area contributed by atoms with Crippen molar-refractivity contribution in [2.75, 3.05) is 0 Å². The van der Waals surface area contributed by atoms with Gasteiger partial charge in [-0.1, -0.05) is 0 Å². The highest BCUT2D eigenvalue weighted by Gasteiger charge is 2.31. The van der Waals surface area contributed by atoms with Gasteiger partial charge >= 0.3 is 23.9 Å². The number of carbonyl (C=O) groups excluding carboxylic acids is 4. The number of ether oxygens (including phenoxy) is 2. The van der Waals surface area contributed by atoms with Gasteiger partial charge in [0.25, 0.3) is 0 Å². The van der Waals surface area contributed by atoms with E-state index in [2.05, 4.69) is 9.47 Å². The predicted molar refractivity (Wildman–Crippen MR) is 57.0 cm³/mol. The van der Waals surface area contributed by atoms with Crippen LogP contribution in [0.3, 0.4) is 0 Å². The molecule has 0 aliphatic carbocycles. The predicted octanol–water partition coefficient (Wildman–Crippen LogP) is 1.01. The maximum Gasteiger partial charge on any atom is 0.346 e. The molecule has 0 saturated heterocycles. The Hall–Kier alpha value is -2.50. The quantitative estimate of drug-likeness (QED) is 0.544. The van der Waals surface area contributed by atoms with E-state index in [0.717, 1.165) is 6.92 Å². The number of cyclic esters (lactones) is 2. The van der Waals surface area contributed by atoms with Gasteiger partial charge in [0.2, 0.25) is 0 Å². The second-order valence-corrected chi connectivity index (χ2v) is 3.77. The number of hydrogen-bond acceptors (Lipinski definition) is 6. The Labute approximate surface area is 101 Å². The van der Waals surface area contributed by atoms with Crippen LogP contribution in [0.5, 0.6) is 0 Å². The van der Waals surface area contributed by atoms with Gasteiger partial charge in [-0.15, -0.1) is 0 Å². The van der Waals surface area contributed by atoms with E-state index in [0.29, 0.717) is 5.56 Å². The summed E-state index contributed by atoms with van der Waals surface area (Å²) in [6.07, 6.45) is 0. The van der Waals surface area contributed by atoms with Crippen LogP contribution in [-0.2, 0) is 14.3 Å². The van der Waals surface area contributed by atoms with E-state index in [9.17, 15) is 19.2 Å². The summed E-state index contributed by atoms with van der Waals surface area (Å²) >= 11 is 0. The molecule has 2 rings (SSSR count). The molecular weight excluding hydrogens is 240 g/mol. The Morgan fingerprint density at radius 2 is 1.67 bits per heavy atom. The van der Waals surface area contributed by atoms with Crippen LogP contribution in [0, 0.1) is 6.92 Å². The van der Waals surface area contributed by atoms with Crippen molar-refractivity contribution < 1.29 is 28.7 Å². The van der Waals surface area contributed by atoms with E-state index < -0.39 is 23.9 Å². The van der Waals surface area contributed by atoms with Gasteiger partial charge in [0, 0.05) is 6.92 Å². The first-order valence-corrected chi connectivity index (χ1v) is 5.04. The van der Waals surface area contributed by atoms with Crippen LogP contribution in [0.2, 0.25) is 0 Å². The van der Waals surface area contributed by atoms with Crippen LogP contribution in [0.25, 0.3) is 0 Å². The second kappa shape index (κ2) is 4.06. The van der Waals surface area contributed by atoms with Crippen molar-refractivity contribution >= 4 is 23.9 Å². The summed E-state index contributed by atoms with van der Waals surface area (Å²) < 4.78 is 8.83. The van der Waals surface area contributed by atoms with Gasteiger partial charge < -0.3 is 9.47 Å². The molecule has 0 unspecified atom stereocenters. The molecule has 0 saturated carbocycles. The van der Waals surface area contributed by atoms with Crippen molar-refractivity contribution in [2.24, 2.45) is 0 Å². The second-order valence-electron chi connectivity index (χ2n) is 3.77. The van der Waals surface area contributed by atoms with Gasteiger partial charge in [-0.25, -0.2) is 14.4 Å². The molecule has 0 radical (unpaired) electrons. The van der Waals surface area contributed by atoms with E-state index in [-0.39, 0.29) is 16.7 Å². The zero-order valence-electron chi connectivity index (χ0n) is 9.60. The van der Waals surface area contributed by atoms with Gasteiger partial charge in [0.05, 0.1) is 16.7 Å². The van der Waals surface area contributed by atoms with E-state index in [4.69, 9.17) is 0 Å². The highest BCUT2D eigenvalue weighted by atomic mass is 16.6. The zero-order valence-corrected chi connectivity index (χ0v) is 9.60. The number of benzene rings is 1. The topological polar surface area (TPSA) is 86.7 Å². The van der Waals surface area contributed by atoms with E-state index in [1.807, 2.05) is 0 Å². The van der Waals surface area contributed by atoms with Gasteiger partial charge in [0.15, 0.2) is 0 Å². The smallest absolute Gasteiger partial charge is 0.346 e. The molecule has 1 heterocycles. The summed E-state index contributed by atoms with van der Waals surface area (Å²) in [7, 11) is 0. The van der Waals surface area contributed by atoms with Crippen LogP contribution >= 0.6 is 0 Å². The Balaban J connectivity index is 2.49. The Bertz CT molecular complexity index is 599. The number of rotatable bonds is 1. The minimum Gasteiger partial charge on any atom is -0.390 e. The molecule has 0 amide bonds. The number of hydrogen-bond donors (Lipinski definition) is 0. The molecule has 92 valence electrons. The molecule has 1 aliphatic rings. The number of aryl methyl sites for hydroxylation is 1. The van der Waals surface area contributed by atoms with E-state index in [1.165, 1.54) is 12.1 Å². The normalized spacial score (nSPS) is 13.0. The first-order valence-electron chi connectivity index (χ1n) is 5.04. The van der Waals surface area contributed by atoms with Crippen LogP contribution in [0.1, 0.15) is 43.6 Å². The zero-order chi connectivity index (χ0) is 13.4. The molecule has 0 atom stereocenters. The van der Waals surface area contributed by atoms with Crippen molar-refractivity contribution in [3.05, 3.63) is 34.4 Å². The van der Waals surface area contributed by atoms with Gasteiger partial charge in [0.1, 0.15) is 0 Å². The van der Waals surface area contributed by atoms with Gasteiger partial charge in [-0.3, -0.25) is 4.79 Å². The fourth-order valence-corrected chi connectivity index (χ4v) is 1.65. The van der Waals surface area contributed by atoms with Gasteiger partial charge in [-0.2, -0.15) is 0 Å². The summed E-state index contributed by atoms with van der Waals surface area (Å²) in [4.78, 5) is 44.9. The molecule has 0 bridgehead atoms. The lowest BCUT2D eigenvalue weighted by Gasteiger charge is -2.05. The lowest BCUT2D eigenvalue weighted by Crippen LogP contribution is -2.12. The number of carbonyl (C=O) groups is 4. The standard InChI is InChI=1S/C12H8O6/c1-5-3-8-9(12(16)18-11(8)15)4-7(5)10(14)17-6(2)13/h3-4H,1-2H3. The van der Waals surface area contributed by atoms with E-state index in [1.54, 1.807) is 6.92 Å². The number of esters is 4. The minimum absolute atomic E-state index is 0.00102. The van der Waals surface area contributed by atoms with Crippen molar-refractivity contribution in [3.63, 3.8) is 0 Å². The highest BCUT2D eigenvalue weighted by molar-refractivity contribution is 6.16. The van der Waals surface area contributed by atoms with Crippen molar-refractivity contribution in [1.82, 2.24) is 0 Å². The van der Waals surface area contributed by atoms with Crippen LogP contribution in [0.4, 0.5) is 0 Å². The third kappa shape index (κ3) is 1.88. The third-order valence-electron chi connectivity index (χ3n) is 2.45. The lowest BCUT2D eigenvalue weighted by atomic mass is 10.0. The van der Waals surface area contributed by atoms with E-state index >= 15 is 0 Å². The third-order valence-corrected chi connectivity index (χ3v) is 2.45. The summed E-state index contributed by atoms with van der Waals surface area (Å²) in [5.74, 6) is -3.18. The molecule has 0 N–H and O–H groups in total. The molecule has 0 spiro atoms. The molecular formula is C12H8O6. The summed E-state index contributed by atoms with van der Waals surface area (Å²) in [6, 6.07) is 2.56. The molecule has 1 aliphatic heterocycles. The monoisotopic (exact) mass is 248 g/mol. The van der Waals surface area contributed by atoms with Crippen LogP contribution in [0.15, 0.2) is 12.1 Å². The minimum atomic E-state index is -0.866. The average Bonchev–Trinajstić information content (AvgIpc) is 2.52. The fraction of sp³-hybridized carbons (Fsp3) is 0.167. The first kappa shape index (κ1) is 12.0. The maximum atomic E-state index is 11.6. The molecule has 18 heavy (non-hydrogen) atoms. The van der Waals surface area contributed by atoms with Crippen LogP contribution in [-0.4, -0.2) is 23.9 Å². The molecule has 1 aromatic rings.